The van der Waals surface area contributed by atoms with Crippen molar-refractivity contribution in [2.75, 3.05) is 5.32 Å². The zero-order chi connectivity index (χ0) is 14.7. The summed E-state index contributed by atoms with van der Waals surface area (Å²) in [5, 5.41) is 11.7. The summed E-state index contributed by atoms with van der Waals surface area (Å²) in [7, 11) is 1.94. The van der Waals surface area contributed by atoms with E-state index in [1.54, 1.807) is 12.6 Å². The average molecular weight is 282 g/mol. The van der Waals surface area contributed by atoms with Gasteiger partial charge in [-0.05, 0) is 30.7 Å². The van der Waals surface area contributed by atoms with Gasteiger partial charge in [0.2, 0.25) is 0 Å². The average Bonchev–Trinajstić information content (AvgIpc) is 3.16. The molecule has 0 aliphatic rings. The molecule has 0 saturated carbocycles. The third-order valence-electron chi connectivity index (χ3n) is 3.50. The van der Waals surface area contributed by atoms with E-state index in [0.29, 0.717) is 0 Å². The fourth-order valence-corrected chi connectivity index (χ4v) is 2.38. The van der Waals surface area contributed by atoms with Crippen LogP contribution >= 0.6 is 0 Å². The third-order valence-corrected chi connectivity index (χ3v) is 3.50. The molecule has 2 aromatic heterocycles. The molecule has 0 saturated heterocycles. The Hall–Kier alpha value is -2.56. The van der Waals surface area contributed by atoms with E-state index in [4.69, 9.17) is 4.42 Å². The zero-order valence-corrected chi connectivity index (χ0v) is 12.2. The molecule has 0 aliphatic heterocycles. The van der Waals surface area contributed by atoms with E-state index in [1.165, 1.54) is 0 Å². The van der Waals surface area contributed by atoms with Crippen LogP contribution in [-0.4, -0.2) is 14.8 Å². The Morgan fingerprint density at radius 3 is 2.76 bits per heavy atom. The van der Waals surface area contributed by atoms with Crippen LogP contribution in [0.2, 0.25) is 0 Å². The van der Waals surface area contributed by atoms with Crippen LogP contribution in [0.3, 0.4) is 0 Å². The normalized spacial score (nSPS) is 12.3. The summed E-state index contributed by atoms with van der Waals surface area (Å²) in [5.74, 6) is 1.78. The van der Waals surface area contributed by atoms with Gasteiger partial charge in [0.1, 0.15) is 12.1 Å². The number of para-hydroxylation sites is 1. The van der Waals surface area contributed by atoms with Crippen molar-refractivity contribution < 1.29 is 4.42 Å². The van der Waals surface area contributed by atoms with Crippen LogP contribution in [0.25, 0.3) is 11.4 Å². The number of aryl methyl sites for hydroxylation is 1. The first-order valence-corrected chi connectivity index (χ1v) is 7.03. The van der Waals surface area contributed by atoms with Gasteiger partial charge >= 0.3 is 0 Å². The minimum absolute atomic E-state index is 0.134. The van der Waals surface area contributed by atoms with Crippen LogP contribution in [0.1, 0.15) is 25.1 Å². The number of anilines is 1. The monoisotopic (exact) mass is 282 g/mol. The van der Waals surface area contributed by atoms with Crippen LogP contribution in [0, 0.1) is 0 Å². The largest absolute Gasteiger partial charge is 0.467 e. The molecule has 1 aromatic carbocycles. The molecule has 108 valence electrons. The Morgan fingerprint density at radius 2 is 2.10 bits per heavy atom. The second kappa shape index (κ2) is 5.83. The Labute approximate surface area is 123 Å². The molecule has 3 rings (SSSR count). The maximum atomic E-state index is 5.52. The number of hydrogen-bond donors (Lipinski definition) is 1. The fourth-order valence-electron chi connectivity index (χ4n) is 2.38. The van der Waals surface area contributed by atoms with Gasteiger partial charge in [-0.3, -0.25) is 0 Å². The number of aromatic nitrogens is 3. The molecule has 0 fully saturated rings. The van der Waals surface area contributed by atoms with Gasteiger partial charge in [0, 0.05) is 18.3 Å². The van der Waals surface area contributed by atoms with Gasteiger partial charge in [0.25, 0.3) is 0 Å². The van der Waals surface area contributed by atoms with Crippen molar-refractivity contribution in [3.8, 4) is 11.4 Å². The standard InChI is InChI=1S/C16H18N4O/c1-3-13(15-9-6-10-21-15)18-14-8-5-4-7-12(14)16-19-17-11-20(16)2/h4-11,13,18H,3H2,1-2H3. The highest BCUT2D eigenvalue weighted by Gasteiger charge is 2.15. The van der Waals surface area contributed by atoms with Gasteiger partial charge in [0.15, 0.2) is 5.82 Å². The number of nitrogens with one attached hydrogen (secondary N) is 1. The molecule has 2 heterocycles. The molecule has 0 bridgehead atoms. The van der Waals surface area contributed by atoms with Gasteiger partial charge in [-0.25, -0.2) is 0 Å². The van der Waals surface area contributed by atoms with Gasteiger partial charge in [0.05, 0.1) is 12.3 Å². The lowest BCUT2D eigenvalue weighted by molar-refractivity contribution is 0.474. The first-order valence-electron chi connectivity index (χ1n) is 7.03. The van der Waals surface area contributed by atoms with Crippen LogP contribution in [0.15, 0.2) is 53.4 Å². The van der Waals surface area contributed by atoms with Crippen molar-refractivity contribution in [3.05, 3.63) is 54.7 Å². The first kappa shape index (κ1) is 13.4. The molecule has 0 spiro atoms. The number of rotatable bonds is 5. The predicted molar refractivity (Wildman–Crippen MR) is 81.8 cm³/mol. The molecule has 5 nitrogen and oxygen atoms in total. The van der Waals surface area contributed by atoms with E-state index in [-0.39, 0.29) is 6.04 Å². The molecule has 1 atom stereocenters. The lowest BCUT2D eigenvalue weighted by Gasteiger charge is -2.18. The summed E-state index contributed by atoms with van der Waals surface area (Å²) in [6.45, 7) is 2.13. The second-order valence-electron chi connectivity index (χ2n) is 4.93. The van der Waals surface area contributed by atoms with Gasteiger partial charge in [-0.1, -0.05) is 19.1 Å². The molecule has 21 heavy (non-hydrogen) atoms. The first-order chi connectivity index (χ1) is 10.3. The minimum atomic E-state index is 0.134. The van der Waals surface area contributed by atoms with E-state index in [0.717, 1.165) is 29.3 Å². The lowest BCUT2D eigenvalue weighted by atomic mass is 10.1. The smallest absolute Gasteiger partial charge is 0.165 e. The van der Waals surface area contributed by atoms with Crippen molar-refractivity contribution in [3.63, 3.8) is 0 Å². The zero-order valence-electron chi connectivity index (χ0n) is 12.2. The highest BCUT2D eigenvalue weighted by atomic mass is 16.3. The molecule has 1 N–H and O–H groups in total. The van der Waals surface area contributed by atoms with E-state index in [1.807, 2.05) is 41.9 Å². The van der Waals surface area contributed by atoms with E-state index in [9.17, 15) is 0 Å². The Bertz CT molecular complexity index is 703. The van der Waals surface area contributed by atoms with Crippen LogP contribution in [-0.2, 0) is 7.05 Å². The highest BCUT2D eigenvalue weighted by molar-refractivity contribution is 5.73. The van der Waals surface area contributed by atoms with Crippen LogP contribution in [0.4, 0.5) is 5.69 Å². The molecule has 0 radical (unpaired) electrons. The second-order valence-corrected chi connectivity index (χ2v) is 4.93. The van der Waals surface area contributed by atoms with Crippen molar-refractivity contribution in [2.45, 2.75) is 19.4 Å². The fraction of sp³-hybridized carbons (Fsp3) is 0.250. The summed E-state index contributed by atoms with van der Waals surface area (Å²) < 4.78 is 7.43. The number of nitrogens with zero attached hydrogens (tertiary/aromatic N) is 3. The SMILES string of the molecule is CCC(Nc1ccccc1-c1nncn1C)c1ccco1. The maximum absolute atomic E-state index is 5.52. The Balaban J connectivity index is 1.94. The molecule has 0 amide bonds. The number of hydrogen-bond acceptors (Lipinski definition) is 4. The van der Waals surface area contributed by atoms with Gasteiger partial charge in [-0.15, -0.1) is 10.2 Å². The van der Waals surface area contributed by atoms with Crippen molar-refractivity contribution in [1.82, 2.24) is 14.8 Å². The van der Waals surface area contributed by atoms with E-state index < -0.39 is 0 Å². The third kappa shape index (κ3) is 2.67. The minimum Gasteiger partial charge on any atom is -0.467 e. The summed E-state index contributed by atoms with van der Waals surface area (Å²) in [6.07, 6.45) is 4.34. The lowest BCUT2D eigenvalue weighted by Crippen LogP contribution is -2.10. The van der Waals surface area contributed by atoms with E-state index in [2.05, 4.69) is 28.5 Å². The van der Waals surface area contributed by atoms with Crippen molar-refractivity contribution >= 4 is 5.69 Å². The molecular formula is C16H18N4O. The molecule has 3 aromatic rings. The summed E-state index contributed by atoms with van der Waals surface area (Å²) in [5.41, 5.74) is 2.05. The van der Waals surface area contributed by atoms with Crippen LogP contribution < -0.4 is 5.32 Å². The van der Waals surface area contributed by atoms with E-state index >= 15 is 0 Å². The maximum Gasteiger partial charge on any atom is 0.165 e. The summed E-state index contributed by atoms with van der Waals surface area (Å²) in [4.78, 5) is 0. The number of furan rings is 1. The molecule has 5 heteroatoms. The van der Waals surface area contributed by atoms with Gasteiger partial charge in [-0.2, -0.15) is 0 Å². The summed E-state index contributed by atoms with van der Waals surface area (Å²) in [6, 6.07) is 12.1. The molecule has 1 unspecified atom stereocenters. The Morgan fingerprint density at radius 1 is 1.24 bits per heavy atom. The molecular weight excluding hydrogens is 264 g/mol. The van der Waals surface area contributed by atoms with Crippen molar-refractivity contribution in [2.24, 2.45) is 7.05 Å². The number of benzene rings is 1. The molecule has 0 aliphatic carbocycles. The van der Waals surface area contributed by atoms with Gasteiger partial charge < -0.3 is 14.3 Å². The quantitative estimate of drug-likeness (QED) is 0.776. The Kier molecular flexibility index (Phi) is 3.73. The summed E-state index contributed by atoms with van der Waals surface area (Å²) >= 11 is 0. The van der Waals surface area contributed by atoms with Crippen LogP contribution in [0.5, 0.6) is 0 Å². The highest BCUT2D eigenvalue weighted by Crippen LogP contribution is 2.30. The predicted octanol–water partition coefficient (Wildman–Crippen LogP) is 3.64. The van der Waals surface area contributed by atoms with Crippen molar-refractivity contribution in [1.29, 1.82) is 0 Å². The topological polar surface area (TPSA) is 55.9 Å².